The number of hydrogen-bond acceptors (Lipinski definition) is 2. The van der Waals surface area contributed by atoms with Crippen molar-refractivity contribution in [3.05, 3.63) is 34.6 Å². The summed E-state index contributed by atoms with van der Waals surface area (Å²) < 4.78 is 19.0. The summed E-state index contributed by atoms with van der Waals surface area (Å²) in [5, 5.41) is 0.139. The molecule has 0 saturated carbocycles. The van der Waals surface area contributed by atoms with E-state index in [-0.39, 0.29) is 22.8 Å². The standard InChI is InChI=1S/C12H15ClFNO/c13-10-3-1-2-9(11(10)14)12(15)8-4-6-16-7-5-8/h1-3,8,12H,4-7,15H2. The molecular weight excluding hydrogens is 229 g/mol. The van der Waals surface area contributed by atoms with Gasteiger partial charge in [0, 0.05) is 24.8 Å². The van der Waals surface area contributed by atoms with Crippen molar-refractivity contribution >= 4 is 11.6 Å². The van der Waals surface area contributed by atoms with Gasteiger partial charge in [-0.3, -0.25) is 0 Å². The van der Waals surface area contributed by atoms with Crippen molar-refractivity contribution in [1.82, 2.24) is 0 Å². The van der Waals surface area contributed by atoms with E-state index in [0.717, 1.165) is 12.8 Å². The zero-order valence-electron chi connectivity index (χ0n) is 8.96. The molecule has 0 spiro atoms. The van der Waals surface area contributed by atoms with Gasteiger partial charge in [0.05, 0.1) is 5.02 Å². The molecule has 0 aromatic heterocycles. The first-order valence-corrected chi connectivity index (χ1v) is 5.85. The number of ether oxygens (including phenoxy) is 1. The monoisotopic (exact) mass is 243 g/mol. The Morgan fingerprint density at radius 2 is 2.06 bits per heavy atom. The van der Waals surface area contributed by atoms with Crippen LogP contribution in [0.1, 0.15) is 24.4 Å². The Labute approximate surface area is 99.5 Å². The Morgan fingerprint density at radius 1 is 1.38 bits per heavy atom. The third-order valence-electron chi connectivity index (χ3n) is 3.11. The third-order valence-corrected chi connectivity index (χ3v) is 3.41. The number of nitrogens with two attached hydrogens (primary N) is 1. The Bertz CT molecular complexity index is 366. The third kappa shape index (κ3) is 2.37. The minimum absolute atomic E-state index is 0.139. The van der Waals surface area contributed by atoms with E-state index in [1.54, 1.807) is 12.1 Å². The maximum Gasteiger partial charge on any atom is 0.146 e. The van der Waals surface area contributed by atoms with E-state index in [1.807, 2.05) is 0 Å². The van der Waals surface area contributed by atoms with Crippen LogP contribution < -0.4 is 5.73 Å². The van der Waals surface area contributed by atoms with Crippen LogP contribution >= 0.6 is 11.6 Å². The van der Waals surface area contributed by atoms with E-state index >= 15 is 0 Å². The maximum absolute atomic E-state index is 13.8. The predicted octanol–water partition coefficient (Wildman–Crippen LogP) is 2.91. The lowest BCUT2D eigenvalue weighted by molar-refractivity contribution is 0.0580. The number of benzene rings is 1. The van der Waals surface area contributed by atoms with Crippen LogP contribution in [0.25, 0.3) is 0 Å². The molecule has 1 saturated heterocycles. The quantitative estimate of drug-likeness (QED) is 0.867. The second-order valence-electron chi connectivity index (χ2n) is 4.12. The first kappa shape index (κ1) is 11.8. The molecule has 0 amide bonds. The van der Waals surface area contributed by atoms with Gasteiger partial charge in [-0.15, -0.1) is 0 Å². The molecule has 1 unspecified atom stereocenters. The second kappa shape index (κ2) is 5.13. The van der Waals surface area contributed by atoms with Gasteiger partial charge in [-0.05, 0) is 24.8 Å². The smallest absolute Gasteiger partial charge is 0.146 e. The van der Waals surface area contributed by atoms with Gasteiger partial charge in [-0.1, -0.05) is 23.7 Å². The molecular formula is C12H15ClFNO. The highest BCUT2D eigenvalue weighted by molar-refractivity contribution is 6.30. The normalized spacial score (nSPS) is 19.7. The number of rotatable bonds is 2. The van der Waals surface area contributed by atoms with Gasteiger partial charge in [0.1, 0.15) is 5.82 Å². The van der Waals surface area contributed by atoms with Crippen LogP contribution in [0.4, 0.5) is 4.39 Å². The fourth-order valence-corrected chi connectivity index (χ4v) is 2.29. The van der Waals surface area contributed by atoms with Gasteiger partial charge in [0.15, 0.2) is 0 Å². The zero-order chi connectivity index (χ0) is 11.5. The molecule has 0 aliphatic carbocycles. The van der Waals surface area contributed by atoms with E-state index in [1.165, 1.54) is 6.07 Å². The molecule has 2 nitrogen and oxygen atoms in total. The molecule has 1 heterocycles. The predicted molar refractivity (Wildman–Crippen MR) is 61.9 cm³/mol. The molecule has 0 bridgehead atoms. The lowest BCUT2D eigenvalue weighted by Crippen LogP contribution is -2.28. The molecule has 1 fully saturated rings. The summed E-state index contributed by atoms with van der Waals surface area (Å²) in [5.41, 5.74) is 6.60. The summed E-state index contributed by atoms with van der Waals surface area (Å²) in [4.78, 5) is 0. The molecule has 1 aliphatic rings. The first-order valence-electron chi connectivity index (χ1n) is 5.47. The van der Waals surface area contributed by atoms with E-state index in [4.69, 9.17) is 22.1 Å². The molecule has 0 radical (unpaired) electrons. The minimum Gasteiger partial charge on any atom is -0.381 e. The molecule has 88 valence electrons. The van der Waals surface area contributed by atoms with Crippen LogP contribution in [0, 0.1) is 11.7 Å². The van der Waals surface area contributed by atoms with Crippen LogP contribution in [0.5, 0.6) is 0 Å². The Balaban J connectivity index is 2.19. The average molecular weight is 244 g/mol. The largest absolute Gasteiger partial charge is 0.381 e. The van der Waals surface area contributed by atoms with Crippen molar-refractivity contribution in [3.63, 3.8) is 0 Å². The van der Waals surface area contributed by atoms with Crippen LogP contribution in [-0.2, 0) is 4.74 Å². The van der Waals surface area contributed by atoms with Gasteiger partial charge < -0.3 is 10.5 Å². The van der Waals surface area contributed by atoms with E-state index < -0.39 is 0 Å². The summed E-state index contributed by atoms with van der Waals surface area (Å²) >= 11 is 5.74. The molecule has 2 rings (SSSR count). The molecule has 16 heavy (non-hydrogen) atoms. The zero-order valence-corrected chi connectivity index (χ0v) is 9.71. The minimum atomic E-state index is -0.386. The second-order valence-corrected chi connectivity index (χ2v) is 4.53. The van der Waals surface area contributed by atoms with Crippen LogP contribution in [-0.4, -0.2) is 13.2 Å². The highest BCUT2D eigenvalue weighted by atomic mass is 35.5. The molecule has 2 N–H and O–H groups in total. The van der Waals surface area contributed by atoms with Crippen molar-refractivity contribution in [2.24, 2.45) is 11.7 Å². The van der Waals surface area contributed by atoms with Gasteiger partial charge in [-0.2, -0.15) is 0 Å². The number of hydrogen-bond donors (Lipinski definition) is 1. The lowest BCUT2D eigenvalue weighted by Gasteiger charge is -2.28. The van der Waals surface area contributed by atoms with E-state index in [0.29, 0.717) is 18.8 Å². The van der Waals surface area contributed by atoms with Crippen LogP contribution in [0.15, 0.2) is 18.2 Å². The molecule has 1 aromatic rings. The summed E-state index contributed by atoms with van der Waals surface area (Å²) in [6, 6.07) is 4.70. The van der Waals surface area contributed by atoms with Gasteiger partial charge in [0.2, 0.25) is 0 Å². The molecule has 4 heteroatoms. The fraction of sp³-hybridized carbons (Fsp3) is 0.500. The lowest BCUT2D eigenvalue weighted by atomic mass is 9.87. The van der Waals surface area contributed by atoms with Crippen molar-refractivity contribution in [2.75, 3.05) is 13.2 Å². The van der Waals surface area contributed by atoms with Crippen LogP contribution in [0.2, 0.25) is 5.02 Å². The van der Waals surface area contributed by atoms with E-state index in [2.05, 4.69) is 0 Å². The Morgan fingerprint density at radius 3 is 2.75 bits per heavy atom. The van der Waals surface area contributed by atoms with Gasteiger partial charge in [0.25, 0.3) is 0 Å². The van der Waals surface area contributed by atoms with Crippen molar-refractivity contribution in [2.45, 2.75) is 18.9 Å². The fourth-order valence-electron chi connectivity index (χ4n) is 2.11. The highest BCUT2D eigenvalue weighted by Crippen LogP contribution is 2.31. The summed E-state index contributed by atoms with van der Waals surface area (Å²) in [6.45, 7) is 1.42. The van der Waals surface area contributed by atoms with Gasteiger partial charge in [-0.25, -0.2) is 4.39 Å². The summed E-state index contributed by atoms with van der Waals surface area (Å²) in [7, 11) is 0. The Hall–Kier alpha value is -0.640. The molecule has 1 aliphatic heterocycles. The Kier molecular flexibility index (Phi) is 3.79. The molecule has 1 aromatic carbocycles. The highest BCUT2D eigenvalue weighted by Gasteiger charge is 2.24. The first-order chi connectivity index (χ1) is 7.70. The number of halogens is 2. The van der Waals surface area contributed by atoms with Gasteiger partial charge >= 0.3 is 0 Å². The van der Waals surface area contributed by atoms with Crippen LogP contribution in [0.3, 0.4) is 0 Å². The van der Waals surface area contributed by atoms with Crippen molar-refractivity contribution in [3.8, 4) is 0 Å². The topological polar surface area (TPSA) is 35.2 Å². The van der Waals surface area contributed by atoms with E-state index in [9.17, 15) is 4.39 Å². The van der Waals surface area contributed by atoms with Crippen molar-refractivity contribution in [1.29, 1.82) is 0 Å². The summed E-state index contributed by atoms with van der Waals surface area (Å²) in [6.07, 6.45) is 1.76. The SMILES string of the molecule is NC(c1cccc(Cl)c1F)C1CCOCC1. The van der Waals surface area contributed by atoms with Crippen molar-refractivity contribution < 1.29 is 9.13 Å². The molecule has 1 atom stereocenters. The maximum atomic E-state index is 13.8. The average Bonchev–Trinajstić information content (AvgIpc) is 2.33. The summed E-state index contributed by atoms with van der Waals surface area (Å²) in [5.74, 6) is -0.107.